The molecule has 5 rings (SSSR count). The summed E-state index contributed by atoms with van der Waals surface area (Å²) in [5.74, 6) is 0.432. The van der Waals surface area contributed by atoms with E-state index in [0.717, 1.165) is 31.6 Å². The zero-order chi connectivity index (χ0) is 23.7. The lowest BCUT2D eigenvalue weighted by Gasteiger charge is -2.52. The van der Waals surface area contributed by atoms with Gasteiger partial charge in [0.05, 0.1) is 17.5 Å². The number of allylic oxidation sites excluding steroid dienone is 2. The Morgan fingerprint density at radius 2 is 1.88 bits per heavy atom. The molecule has 0 amide bonds. The highest BCUT2D eigenvalue weighted by molar-refractivity contribution is 5.89. The number of rotatable bonds is 6. The lowest BCUT2D eigenvalue weighted by molar-refractivity contribution is -0.0204. The number of esters is 1. The van der Waals surface area contributed by atoms with Gasteiger partial charge in [-0.15, -0.1) is 0 Å². The molecule has 1 aliphatic carbocycles. The van der Waals surface area contributed by atoms with Crippen molar-refractivity contribution in [3.05, 3.63) is 52.6 Å². The maximum absolute atomic E-state index is 13.7. The Labute approximate surface area is 202 Å². The third-order valence-electron chi connectivity index (χ3n) is 8.20. The molecule has 2 aromatic rings. The molecule has 1 aromatic heterocycles. The Hall–Kier alpha value is -2.47. The molecule has 182 valence electrons. The van der Waals surface area contributed by atoms with E-state index in [1.165, 1.54) is 32.1 Å². The first-order chi connectivity index (χ1) is 16.6. The van der Waals surface area contributed by atoms with Gasteiger partial charge in [0, 0.05) is 24.2 Å². The maximum atomic E-state index is 13.7. The number of nitrogens with zero attached hydrogens (tertiary/aromatic N) is 3. The van der Waals surface area contributed by atoms with Gasteiger partial charge in [0.15, 0.2) is 0 Å². The van der Waals surface area contributed by atoms with Gasteiger partial charge in [-0.25, -0.2) is 9.78 Å². The van der Waals surface area contributed by atoms with Crippen molar-refractivity contribution < 1.29 is 9.53 Å². The Morgan fingerprint density at radius 3 is 2.59 bits per heavy atom. The highest BCUT2D eigenvalue weighted by Crippen LogP contribution is 2.42. The van der Waals surface area contributed by atoms with Gasteiger partial charge in [-0.3, -0.25) is 14.3 Å². The Kier molecular flexibility index (Phi) is 6.87. The van der Waals surface area contributed by atoms with Crippen molar-refractivity contribution in [2.45, 2.75) is 95.8 Å². The number of hydrogen-bond acceptors (Lipinski definition) is 5. The molecule has 4 atom stereocenters. The van der Waals surface area contributed by atoms with Crippen LogP contribution in [-0.4, -0.2) is 45.2 Å². The summed E-state index contributed by atoms with van der Waals surface area (Å²) in [7, 11) is 0. The van der Waals surface area contributed by atoms with Gasteiger partial charge in [0.25, 0.3) is 5.56 Å². The van der Waals surface area contributed by atoms with E-state index in [1.54, 1.807) is 17.6 Å². The van der Waals surface area contributed by atoms with Crippen LogP contribution in [0.2, 0.25) is 0 Å². The minimum Gasteiger partial charge on any atom is -0.460 e. The highest BCUT2D eigenvalue weighted by atomic mass is 16.5. The standard InChI is InChI=1S/C28H37N3O3/c1-3-34-28(33)26-29-25-15-8-7-14-24(25)27(32)31(26)23-17-21-12-9-13-22(18-23)30(21)19(2)16-20-10-5-4-6-11-20/h4-5,7-8,14-15,19-23H,3,6,9-13,16-18H2,1-2H3. The molecule has 3 heterocycles. The Balaban J connectivity index is 1.45. The molecule has 0 spiro atoms. The molecule has 6 nitrogen and oxygen atoms in total. The van der Waals surface area contributed by atoms with Crippen LogP contribution < -0.4 is 5.56 Å². The SMILES string of the molecule is CCOC(=O)c1nc2ccccc2c(=O)n1C1CC2CCCC(C1)N2C(C)CC1CC=CCC1. The van der Waals surface area contributed by atoms with Gasteiger partial charge in [-0.05, 0) is 83.3 Å². The minimum atomic E-state index is -0.503. The smallest absolute Gasteiger partial charge is 0.374 e. The number of hydrogen-bond donors (Lipinski definition) is 0. The van der Waals surface area contributed by atoms with E-state index >= 15 is 0 Å². The molecule has 2 fully saturated rings. The number of benzene rings is 1. The van der Waals surface area contributed by atoms with Crippen LogP contribution in [0.5, 0.6) is 0 Å². The summed E-state index contributed by atoms with van der Waals surface area (Å²) in [5.41, 5.74) is 0.437. The van der Waals surface area contributed by atoms with Crippen molar-refractivity contribution in [2.24, 2.45) is 5.92 Å². The molecule has 1 aromatic carbocycles. The van der Waals surface area contributed by atoms with Crippen LogP contribution in [0.4, 0.5) is 0 Å². The zero-order valence-corrected chi connectivity index (χ0v) is 20.5. The molecule has 2 saturated heterocycles. The van der Waals surface area contributed by atoms with Crippen LogP contribution in [0.1, 0.15) is 88.3 Å². The molecular weight excluding hydrogens is 426 g/mol. The average Bonchev–Trinajstić information content (AvgIpc) is 2.84. The van der Waals surface area contributed by atoms with E-state index in [2.05, 4.69) is 29.0 Å². The Bertz CT molecular complexity index is 1110. The quantitative estimate of drug-likeness (QED) is 0.432. The van der Waals surface area contributed by atoms with E-state index in [4.69, 9.17) is 4.74 Å². The second-order valence-electron chi connectivity index (χ2n) is 10.4. The van der Waals surface area contributed by atoms with Gasteiger partial charge >= 0.3 is 5.97 Å². The van der Waals surface area contributed by atoms with Crippen molar-refractivity contribution in [3.63, 3.8) is 0 Å². The predicted molar refractivity (Wildman–Crippen MR) is 134 cm³/mol. The van der Waals surface area contributed by atoms with Crippen molar-refractivity contribution in [2.75, 3.05) is 6.61 Å². The molecule has 2 bridgehead atoms. The number of aromatic nitrogens is 2. The monoisotopic (exact) mass is 463 g/mol. The van der Waals surface area contributed by atoms with Crippen LogP contribution in [-0.2, 0) is 4.74 Å². The minimum absolute atomic E-state index is 0.0274. The predicted octanol–water partition coefficient (Wildman–Crippen LogP) is 5.27. The Morgan fingerprint density at radius 1 is 1.12 bits per heavy atom. The molecule has 3 aliphatic rings. The molecular formula is C28H37N3O3. The number of piperidine rings is 2. The molecule has 6 heteroatoms. The summed E-state index contributed by atoms with van der Waals surface area (Å²) in [6, 6.07) is 8.72. The van der Waals surface area contributed by atoms with E-state index in [0.29, 0.717) is 29.0 Å². The molecule has 2 aliphatic heterocycles. The molecule has 34 heavy (non-hydrogen) atoms. The molecule has 4 unspecified atom stereocenters. The second kappa shape index (κ2) is 10.0. The van der Waals surface area contributed by atoms with E-state index in [-0.39, 0.29) is 24.0 Å². The van der Waals surface area contributed by atoms with Crippen molar-refractivity contribution in [3.8, 4) is 0 Å². The molecule has 0 saturated carbocycles. The van der Waals surface area contributed by atoms with Crippen molar-refractivity contribution in [1.82, 2.24) is 14.5 Å². The summed E-state index contributed by atoms with van der Waals surface area (Å²) in [5, 5.41) is 0.571. The number of fused-ring (bicyclic) bond motifs is 3. The van der Waals surface area contributed by atoms with E-state index in [1.807, 2.05) is 18.2 Å². The summed E-state index contributed by atoms with van der Waals surface area (Å²) in [6.07, 6.45) is 15.0. The summed E-state index contributed by atoms with van der Waals surface area (Å²) < 4.78 is 7.00. The van der Waals surface area contributed by atoms with Crippen molar-refractivity contribution >= 4 is 16.9 Å². The molecule has 0 radical (unpaired) electrons. The maximum Gasteiger partial charge on any atom is 0.374 e. The first-order valence-electron chi connectivity index (χ1n) is 13.2. The average molecular weight is 464 g/mol. The molecule has 0 N–H and O–H groups in total. The van der Waals surface area contributed by atoms with E-state index in [9.17, 15) is 9.59 Å². The van der Waals surface area contributed by atoms with Gasteiger partial charge in [0.1, 0.15) is 0 Å². The van der Waals surface area contributed by atoms with Gasteiger partial charge in [-0.1, -0.05) is 30.7 Å². The van der Waals surface area contributed by atoms with Gasteiger partial charge in [0.2, 0.25) is 5.82 Å². The van der Waals surface area contributed by atoms with Crippen molar-refractivity contribution in [1.29, 1.82) is 0 Å². The van der Waals surface area contributed by atoms with Crippen LogP contribution in [0.25, 0.3) is 10.9 Å². The lowest BCUT2D eigenvalue weighted by Crippen LogP contribution is -2.57. The normalized spacial score (nSPS) is 28.1. The topological polar surface area (TPSA) is 64.4 Å². The zero-order valence-electron chi connectivity index (χ0n) is 20.5. The fourth-order valence-electron chi connectivity index (χ4n) is 6.82. The first-order valence-corrected chi connectivity index (χ1v) is 13.2. The van der Waals surface area contributed by atoms with Crippen LogP contribution in [0, 0.1) is 5.92 Å². The summed E-state index contributed by atoms with van der Waals surface area (Å²) >= 11 is 0. The van der Waals surface area contributed by atoms with E-state index < -0.39 is 5.97 Å². The fraction of sp³-hybridized carbons (Fsp3) is 0.607. The number of para-hydroxylation sites is 1. The highest BCUT2D eigenvalue weighted by Gasteiger charge is 2.42. The van der Waals surface area contributed by atoms with Crippen LogP contribution in [0.3, 0.4) is 0 Å². The summed E-state index contributed by atoms with van der Waals surface area (Å²) in [4.78, 5) is 33.9. The largest absolute Gasteiger partial charge is 0.460 e. The van der Waals surface area contributed by atoms with Crippen LogP contribution in [0.15, 0.2) is 41.2 Å². The second-order valence-corrected chi connectivity index (χ2v) is 10.4. The van der Waals surface area contributed by atoms with Gasteiger partial charge in [-0.2, -0.15) is 0 Å². The number of carbonyl (C=O) groups excluding carboxylic acids is 1. The van der Waals surface area contributed by atoms with Gasteiger partial charge < -0.3 is 4.74 Å². The lowest BCUT2D eigenvalue weighted by atomic mass is 9.79. The number of ether oxygens (including phenoxy) is 1. The third-order valence-corrected chi connectivity index (χ3v) is 8.20. The number of carbonyl (C=O) groups is 1. The fourth-order valence-corrected chi connectivity index (χ4v) is 6.82. The van der Waals surface area contributed by atoms with Crippen LogP contribution >= 0.6 is 0 Å². The first kappa shape index (κ1) is 23.3. The third kappa shape index (κ3) is 4.45. The summed E-state index contributed by atoms with van der Waals surface area (Å²) in [6.45, 7) is 4.45.